The van der Waals surface area contributed by atoms with Gasteiger partial charge in [-0.3, -0.25) is 14.6 Å². The molecule has 1 aliphatic heterocycles. The van der Waals surface area contributed by atoms with Crippen molar-refractivity contribution >= 4 is 18.7 Å². The summed E-state index contributed by atoms with van der Waals surface area (Å²) in [5, 5.41) is 9.10. The second kappa shape index (κ2) is 6.37. The lowest BCUT2D eigenvalue weighted by molar-refractivity contribution is -0.129. The quantitative estimate of drug-likeness (QED) is 0.484. The number of amides is 1. The average Bonchev–Trinajstić information content (AvgIpc) is 2.49. The summed E-state index contributed by atoms with van der Waals surface area (Å²) in [5.74, 6) is 0.0289. The highest BCUT2D eigenvalue weighted by Gasteiger charge is 2.37. The van der Waals surface area contributed by atoms with E-state index in [4.69, 9.17) is 14.5 Å². The van der Waals surface area contributed by atoms with Crippen molar-refractivity contribution in [2.24, 2.45) is 0 Å². The molecule has 7 nitrogen and oxygen atoms in total. The SMILES string of the molecule is COc1ccc(P2(=O)OCCCN2CC(=O)NO)cc1. The van der Waals surface area contributed by atoms with Gasteiger partial charge in [0.1, 0.15) is 5.75 Å². The zero-order chi connectivity index (χ0) is 14.6. The van der Waals surface area contributed by atoms with Gasteiger partial charge in [-0.25, -0.2) is 10.2 Å². The molecule has 8 heteroatoms. The molecule has 0 spiro atoms. The van der Waals surface area contributed by atoms with Crippen molar-refractivity contribution in [3.63, 3.8) is 0 Å². The molecule has 20 heavy (non-hydrogen) atoms. The van der Waals surface area contributed by atoms with E-state index in [0.717, 1.165) is 0 Å². The van der Waals surface area contributed by atoms with E-state index in [1.807, 2.05) is 0 Å². The van der Waals surface area contributed by atoms with Gasteiger partial charge in [-0.15, -0.1) is 0 Å². The van der Waals surface area contributed by atoms with Crippen molar-refractivity contribution in [1.82, 2.24) is 10.2 Å². The summed E-state index contributed by atoms with van der Waals surface area (Å²) in [7, 11) is -1.72. The zero-order valence-corrected chi connectivity index (χ0v) is 12.0. The molecule has 2 rings (SSSR count). The molecule has 0 bridgehead atoms. The van der Waals surface area contributed by atoms with E-state index in [9.17, 15) is 9.36 Å². The van der Waals surface area contributed by atoms with Crippen LogP contribution < -0.4 is 15.5 Å². The number of rotatable bonds is 4. The van der Waals surface area contributed by atoms with Gasteiger partial charge in [-0.05, 0) is 30.7 Å². The van der Waals surface area contributed by atoms with Crippen LogP contribution in [0.25, 0.3) is 0 Å². The molecule has 1 unspecified atom stereocenters. The molecule has 1 fully saturated rings. The number of hydrogen-bond acceptors (Lipinski definition) is 5. The van der Waals surface area contributed by atoms with E-state index in [-0.39, 0.29) is 6.54 Å². The normalized spacial score (nSPS) is 23.3. The molecule has 0 radical (unpaired) electrons. The first-order valence-corrected chi connectivity index (χ1v) is 7.75. The number of nitrogens with one attached hydrogen (secondary N) is 1. The Labute approximate surface area is 116 Å². The molecule has 0 aromatic heterocycles. The molecule has 1 heterocycles. The smallest absolute Gasteiger partial charge is 0.302 e. The van der Waals surface area contributed by atoms with Gasteiger partial charge in [0, 0.05) is 6.54 Å². The van der Waals surface area contributed by atoms with Crippen LogP contribution in [0.2, 0.25) is 0 Å². The first kappa shape index (κ1) is 15.0. The maximum atomic E-state index is 13.0. The van der Waals surface area contributed by atoms with Crippen molar-refractivity contribution in [1.29, 1.82) is 0 Å². The highest BCUT2D eigenvalue weighted by Crippen LogP contribution is 2.51. The topological polar surface area (TPSA) is 88.1 Å². The Balaban J connectivity index is 2.27. The van der Waals surface area contributed by atoms with Gasteiger partial charge in [0.25, 0.3) is 5.91 Å². The molecule has 1 aromatic carbocycles. The second-order valence-corrected chi connectivity index (χ2v) is 6.71. The Bertz CT molecular complexity index is 519. The minimum absolute atomic E-state index is 0.181. The summed E-state index contributed by atoms with van der Waals surface area (Å²) in [4.78, 5) is 11.3. The van der Waals surface area contributed by atoms with Crippen LogP contribution in [0.1, 0.15) is 6.42 Å². The van der Waals surface area contributed by atoms with Crippen molar-refractivity contribution in [2.75, 3.05) is 26.8 Å². The average molecular weight is 300 g/mol. The number of hydrogen-bond donors (Lipinski definition) is 2. The standard InChI is InChI=1S/C12H17N2O5P/c1-18-10-3-5-11(6-4-10)20(17)14(7-2-8-19-20)9-12(15)13-16/h3-6,16H,2,7-9H2,1H3,(H,13,15). The first-order chi connectivity index (χ1) is 9.60. The first-order valence-electron chi connectivity index (χ1n) is 6.17. The maximum absolute atomic E-state index is 13.0. The van der Waals surface area contributed by atoms with Crippen LogP contribution in [-0.4, -0.2) is 42.6 Å². The summed E-state index contributed by atoms with van der Waals surface area (Å²) in [6.45, 7) is 0.664. The third-order valence-corrected chi connectivity index (χ3v) is 5.62. The number of carbonyl (C=O) groups is 1. The molecule has 1 aromatic rings. The summed E-state index contributed by atoms with van der Waals surface area (Å²) < 4.78 is 25.0. The van der Waals surface area contributed by atoms with Crippen LogP contribution >= 0.6 is 7.52 Å². The van der Waals surface area contributed by atoms with Crippen molar-refractivity contribution < 1.29 is 23.8 Å². The van der Waals surface area contributed by atoms with Gasteiger partial charge in [0.15, 0.2) is 0 Å². The molecule has 1 amide bonds. The van der Waals surface area contributed by atoms with Crippen LogP contribution in [0.15, 0.2) is 24.3 Å². The zero-order valence-electron chi connectivity index (χ0n) is 11.1. The minimum atomic E-state index is -3.27. The Morgan fingerprint density at radius 2 is 2.20 bits per heavy atom. The third-order valence-electron chi connectivity index (χ3n) is 3.05. The number of benzene rings is 1. The fourth-order valence-electron chi connectivity index (χ4n) is 2.03. The maximum Gasteiger partial charge on any atom is 0.302 e. The molecule has 1 aliphatic rings. The summed E-state index contributed by atoms with van der Waals surface area (Å²) in [6, 6.07) is 6.71. The molecule has 2 N–H and O–H groups in total. The number of methoxy groups -OCH3 is 1. The second-order valence-electron chi connectivity index (χ2n) is 4.33. The largest absolute Gasteiger partial charge is 0.497 e. The predicted octanol–water partition coefficient (Wildman–Crippen LogP) is 0.741. The Morgan fingerprint density at radius 3 is 2.80 bits per heavy atom. The van der Waals surface area contributed by atoms with Crippen LogP contribution in [0.5, 0.6) is 5.75 Å². The van der Waals surface area contributed by atoms with Crippen LogP contribution in [0.4, 0.5) is 0 Å². The fourth-order valence-corrected chi connectivity index (χ4v) is 4.29. The van der Waals surface area contributed by atoms with Crippen molar-refractivity contribution in [3.05, 3.63) is 24.3 Å². The van der Waals surface area contributed by atoms with Gasteiger partial charge in [0.05, 0.1) is 25.6 Å². The summed E-state index contributed by atoms with van der Waals surface area (Å²) >= 11 is 0. The molecule has 1 atom stereocenters. The summed E-state index contributed by atoms with van der Waals surface area (Å²) in [6.07, 6.45) is 0.679. The highest BCUT2D eigenvalue weighted by atomic mass is 31.2. The third kappa shape index (κ3) is 3.02. The molecule has 1 saturated heterocycles. The van der Waals surface area contributed by atoms with E-state index >= 15 is 0 Å². The van der Waals surface area contributed by atoms with Gasteiger partial charge >= 0.3 is 7.52 Å². The lowest BCUT2D eigenvalue weighted by Gasteiger charge is -2.34. The Morgan fingerprint density at radius 1 is 1.50 bits per heavy atom. The van der Waals surface area contributed by atoms with Gasteiger partial charge in [-0.1, -0.05) is 0 Å². The highest BCUT2D eigenvalue weighted by molar-refractivity contribution is 7.64. The molecule has 0 aliphatic carbocycles. The predicted molar refractivity (Wildman–Crippen MR) is 72.3 cm³/mol. The number of nitrogens with zero attached hydrogens (tertiary/aromatic N) is 1. The van der Waals surface area contributed by atoms with Crippen LogP contribution in [0, 0.1) is 0 Å². The van der Waals surface area contributed by atoms with Crippen LogP contribution in [-0.2, 0) is 13.9 Å². The van der Waals surface area contributed by atoms with E-state index in [0.29, 0.717) is 30.6 Å². The van der Waals surface area contributed by atoms with Crippen molar-refractivity contribution in [3.8, 4) is 5.75 Å². The fraction of sp³-hybridized carbons (Fsp3) is 0.417. The number of hydroxylamine groups is 1. The Hall–Kier alpha value is -1.40. The number of carbonyl (C=O) groups excluding carboxylic acids is 1. The van der Waals surface area contributed by atoms with Gasteiger partial charge in [-0.2, -0.15) is 0 Å². The van der Waals surface area contributed by atoms with Crippen LogP contribution in [0.3, 0.4) is 0 Å². The lowest BCUT2D eigenvalue weighted by atomic mass is 10.3. The van der Waals surface area contributed by atoms with E-state index in [2.05, 4.69) is 0 Å². The molecule has 0 saturated carbocycles. The molecular weight excluding hydrogens is 283 g/mol. The van der Waals surface area contributed by atoms with E-state index < -0.39 is 13.4 Å². The molecular formula is C12H17N2O5P. The molecule has 110 valence electrons. The Kier molecular flexibility index (Phi) is 4.77. The number of ether oxygens (including phenoxy) is 1. The van der Waals surface area contributed by atoms with Crippen molar-refractivity contribution in [2.45, 2.75) is 6.42 Å². The lowest BCUT2D eigenvalue weighted by Crippen LogP contribution is -2.40. The summed E-state index contributed by atoms with van der Waals surface area (Å²) in [5.41, 5.74) is 1.54. The van der Waals surface area contributed by atoms with E-state index in [1.54, 1.807) is 36.9 Å². The van der Waals surface area contributed by atoms with Gasteiger partial charge < -0.3 is 9.26 Å². The van der Waals surface area contributed by atoms with Gasteiger partial charge in [0.2, 0.25) is 0 Å². The monoisotopic (exact) mass is 300 g/mol. The van der Waals surface area contributed by atoms with E-state index in [1.165, 1.54) is 4.67 Å². The minimum Gasteiger partial charge on any atom is -0.497 e.